The molecule has 1 atom stereocenters. The quantitative estimate of drug-likeness (QED) is 0.639. The molecule has 0 spiro atoms. The van der Waals surface area contributed by atoms with Crippen LogP contribution in [0, 0.1) is 0 Å². The van der Waals surface area contributed by atoms with E-state index in [-0.39, 0.29) is 6.61 Å². The first-order valence-corrected chi connectivity index (χ1v) is 8.78. The Balaban J connectivity index is 1.57. The summed E-state index contributed by atoms with van der Waals surface area (Å²) in [6.07, 6.45) is -0.966. The van der Waals surface area contributed by atoms with E-state index in [1.807, 2.05) is 36.4 Å². The molecule has 3 rings (SSSR count). The third-order valence-electron chi connectivity index (χ3n) is 3.91. The van der Waals surface area contributed by atoms with E-state index in [4.69, 9.17) is 21.1 Å². The van der Waals surface area contributed by atoms with Gasteiger partial charge >= 0.3 is 5.97 Å². The van der Waals surface area contributed by atoms with Gasteiger partial charge in [-0.05, 0) is 30.5 Å². The monoisotopic (exact) mass is 383 g/mol. The molecule has 0 aliphatic carbocycles. The number of nitrogens with one attached hydrogen (secondary N) is 1. The molecule has 5 nitrogen and oxygen atoms in total. The van der Waals surface area contributed by atoms with Gasteiger partial charge in [0.1, 0.15) is 5.75 Å². The SMILES string of the molecule is C[C@@H](OC(=O)COc1ccccc1Cl)C(=O)Nc1cccc2ccccc12. The Morgan fingerprint density at radius 1 is 1.00 bits per heavy atom. The molecule has 1 amide bonds. The number of rotatable bonds is 6. The molecule has 0 aliphatic heterocycles. The highest BCUT2D eigenvalue weighted by Gasteiger charge is 2.19. The van der Waals surface area contributed by atoms with Crippen molar-refractivity contribution < 1.29 is 19.1 Å². The van der Waals surface area contributed by atoms with Gasteiger partial charge in [0.05, 0.1) is 5.02 Å². The van der Waals surface area contributed by atoms with Gasteiger partial charge in [-0.1, -0.05) is 60.1 Å². The predicted molar refractivity (Wildman–Crippen MR) is 105 cm³/mol. The van der Waals surface area contributed by atoms with Gasteiger partial charge in [-0.2, -0.15) is 0 Å². The molecule has 3 aromatic rings. The van der Waals surface area contributed by atoms with Crippen LogP contribution in [0.25, 0.3) is 10.8 Å². The number of hydrogen-bond donors (Lipinski definition) is 1. The second-order valence-electron chi connectivity index (χ2n) is 5.87. The first-order valence-electron chi connectivity index (χ1n) is 8.40. The van der Waals surface area contributed by atoms with E-state index < -0.39 is 18.0 Å². The molecule has 0 saturated heterocycles. The summed E-state index contributed by atoms with van der Waals surface area (Å²) < 4.78 is 10.5. The Hall–Kier alpha value is -3.05. The highest BCUT2D eigenvalue weighted by Crippen LogP contribution is 2.24. The minimum atomic E-state index is -0.966. The lowest BCUT2D eigenvalue weighted by Gasteiger charge is -2.15. The van der Waals surface area contributed by atoms with Crippen LogP contribution >= 0.6 is 11.6 Å². The number of para-hydroxylation sites is 1. The van der Waals surface area contributed by atoms with Crippen molar-refractivity contribution >= 4 is 39.9 Å². The minimum absolute atomic E-state index is 0.338. The van der Waals surface area contributed by atoms with Crippen LogP contribution in [0.3, 0.4) is 0 Å². The van der Waals surface area contributed by atoms with E-state index in [9.17, 15) is 9.59 Å². The second kappa shape index (κ2) is 8.56. The number of amides is 1. The zero-order valence-electron chi connectivity index (χ0n) is 14.6. The highest BCUT2D eigenvalue weighted by atomic mass is 35.5. The first-order chi connectivity index (χ1) is 13.0. The molecule has 0 aromatic heterocycles. The number of hydrogen-bond acceptors (Lipinski definition) is 4. The van der Waals surface area contributed by atoms with Crippen LogP contribution < -0.4 is 10.1 Å². The maximum absolute atomic E-state index is 12.4. The van der Waals surface area contributed by atoms with E-state index in [2.05, 4.69) is 5.32 Å². The molecule has 6 heteroatoms. The van der Waals surface area contributed by atoms with Gasteiger partial charge in [0.2, 0.25) is 0 Å². The molecule has 0 bridgehead atoms. The standard InChI is InChI=1S/C21H18ClNO4/c1-14(27-20(24)13-26-19-12-5-4-10-17(19)22)21(25)23-18-11-6-8-15-7-2-3-9-16(15)18/h2-12,14H,13H2,1H3,(H,23,25)/t14-/m1/s1. The number of ether oxygens (including phenoxy) is 2. The van der Waals surface area contributed by atoms with Crippen molar-refractivity contribution in [3.63, 3.8) is 0 Å². The lowest BCUT2D eigenvalue weighted by atomic mass is 10.1. The van der Waals surface area contributed by atoms with Gasteiger partial charge in [0.25, 0.3) is 5.91 Å². The normalized spacial score (nSPS) is 11.6. The summed E-state index contributed by atoms with van der Waals surface area (Å²) in [5, 5.41) is 5.11. The maximum atomic E-state index is 12.4. The average Bonchev–Trinajstić information content (AvgIpc) is 2.67. The van der Waals surface area contributed by atoms with Gasteiger partial charge in [-0.3, -0.25) is 4.79 Å². The third kappa shape index (κ3) is 4.77. The smallest absolute Gasteiger partial charge is 0.344 e. The zero-order chi connectivity index (χ0) is 19.2. The number of carbonyl (C=O) groups is 2. The van der Waals surface area contributed by atoms with Gasteiger partial charge in [-0.15, -0.1) is 0 Å². The van der Waals surface area contributed by atoms with Gasteiger partial charge in [0, 0.05) is 11.1 Å². The van der Waals surface area contributed by atoms with E-state index in [1.165, 1.54) is 6.92 Å². The fourth-order valence-electron chi connectivity index (χ4n) is 2.55. The Morgan fingerprint density at radius 3 is 2.52 bits per heavy atom. The number of halogens is 1. The van der Waals surface area contributed by atoms with E-state index in [0.29, 0.717) is 16.5 Å². The number of carbonyl (C=O) groups excluding carboxylic acids is 2. The van der Waals surface area contributed by atoms with E-state index in [0.717, 1.165) is 10.8 Å². The van der Waals surface area contributed by atoms with Crippen LogP contribution in [0.2, 0.25) is 5.02 Å². The topological polar surface area (TPSA) is 64.6 Å². The van der Waals surface area contributed by atoms with Crippen molar-refractivity contribution in [2.24, 2.45) is 0 Å². The third-order valence-corrected chi connectivity index (χ3v) is 4.22. The molecule has 1 N–H and O–H groups in total. The van der Waals surface area contributed by atoms with Crippen molar-refractivity contribution in [2.45, 2.75) is 13.0 Å². The van der Waals surface area contributed by atoms with E-state index >= 15 is 0 Å². The van der Waals surface area contributed by atoms with Crippen molar-refractivity contribution in [1.82, 2.24) is 0 Å². The summed E-state index contributed by atoms with van der Waals surface area (Å²) in [7, 11) is 0. The molecular formula is C21H18ClNO4. The summed E-state index contributed by atoms with van der Waals surface area (Å²) in [6.45, 7) is 1.17. The molecule has 0 fully saturated rings. The van der Waals surface area contributed by atoms with Crippen LogP contribution in [-0.2, 0) is 14.3 Å². The lowest BCUT2D eigenvalue weighted by Crippen LogP contribution is -2.31. The number of benzene rings is 3. The molecule has 3 aromatic carbocycles. The van der Waals surface area contributed by atoms with Crippen LogP contribution in [0.1, 0.15) is 6.92 Å². The molecule has 0 unspecified atom stereocenters. The Kier molecular flexibility index (Phi) is 5.94. The maximum Gasteiger partial charge on any atom is 0.344 e. The van der Waals surface area contributed by atoms with Crippen molar-refractivity contribution in [3.8, 4) is 5.75 Å². The largest absolute Gasteiger partial charge is 0.480 e. The molecule has 0 saturated carbocycles. The fraction of sp³-hybridized carbons (Fsp3) is 0.143. The molecule has 138 valence electrons. The summed E-state index contributed by atoms with van der Waals surface area (Å²) in [6, 6.07) is 20.1. The summed E-state index contributed by atoms with van der Waals surface area (Å²) in [5.41, 5.74) is 0.660. The Bertz CT molecular complexity index is 968. The lowest BCUT2D eigenvalue weighted by molar-refractivity contribution is -0.155. The summed E-state index contributed by atoms with van der Waals surface area (Å²) in [4.78, 5) is 24.3. The highest BCUT2D eigenvalue weighted by molar-refractivity contribution is 6.32. The van der Waals surface area contributed by atoms with Crippen LogP contribution in [0.4, 0.5) is 5.69 Å². The predicted octanol–water partition coefficient (Wildman–Crippen LogP) is 4.44. The van der Waals surface area contributed by atoms with Crippen molar-refractivity contribution in [2.75, 3.05) is 11.9 Å². The number of esters is 1. The molecule has 0 radical (unpaired) electrons. The van der Waals surface area contributed by atoms with Gasteiger partial charge < -0.3 is 14.8 Å². The average molecular weight is 384 g/mol. The molecule has 0 aliphatic rings. The second-order valence-corrected chi connectivity index (χ2v) is 6.27. The Labute approximate surface area is 161 Å². The van der Waals surface area contributed by atoms with Crippen LogP contribution in [0.15, 0.2) is 66.7 Å². The Morgan fingerprint density at radius 2 is 1.70 bits per heavy atom. The number of fused-ring (bicyclic) bond motifs is 1. The first kappa shape index (κ1) is 18.7. The molecule has 27 heavy (non-hydrogen) atoms. The zero-order valence-corrected chi connectivity index (χ0v) is 15.4. The van der Waals surface area contributed by atoms with Crippen LogP contribution in [-0.4, -0.2) is 24.6 Å². The minimum Gasteiger partial charge on any atom is -0.480 e. The van der Waals surface area contributed by atoms with Crippen molar-refractivity contribution in [1.29, 1.82) is 0 Å². The van der Waals surface area contributed by atoms with E-state index in [1.54, 1.807) is 30.3 Å². The van der Waals surface area contributed by atoms with Crippen molar-refractivity contribution in [3.05, 3.63) is 71.8 Å². The van der Waals surface area contributed by atoms with Gasteiger partial charge in [-0.25, -0.2) is 4.79 Å². The molecular weight excluding hydrogens is 366 g/mol. The number of anilines is 1. The summed E-state index contributed by atoms with van der Waals surface area (Å²) >= 11 is 5.96. The van der Waals surface area contributed by atoms with Gasteiger partial charge in [0.15, 0.2) is 12.7 Å². The summed E-state index contributed by atoms with van der Waals surface area (Å²) in [5.74, 6) is -0.697. The van der Waals surface area contributed by atoms with Crippen LogP contribution in [0.5, 0.6) is 5.75 Å². The fourth-order valence-corrected chi connectivity index (χ4v) is 2.74. The molecule has 0 heterocycles.